The highest BCUT2D eigenvalue weighted by Crippen LogP contribution is 2.36. The van der Waals surface area contributed by atoms with Crippen LogP contribution >= 0.6 is 0 Å². The van der Waals surface area contributed by atoms with Gasteiger partial charge in [0, 0.05) is 17.3 Å². The SMILES string of the molecule is [B]c1ccnc(C(C)(C)CC(C)(C)C(=O)OCC)c1. The number of esters is 1. The summed E-state index contributed by atoms with van der Waals surface area (Å²) < 4.78 is 5.13. The van der Waals surface area contributed by atoms with E-state index in [0.717, 1.165) is 5.69 Å². The van der Waals surface area contributed by atoms with E-state index >= 15 is 0 Å². The van der Waals surface area contributed by atoms with Crippen molar-refractivity contribution in [2.45, 2.75) is 46.5 Å². The van der Waals surface area contributed by atoms with Gasteiger partial charge in [-0.25, -0.2) is 0 Å². The van der Waals surface area contributed by atoms with Crippen LogP contribution in [-0.4, -0.2) is 25.4 Å². The number of rotatable bonds is 5. The zero-order chi connectivity index (χ0) is 14.7. The third kappa shape index (κ3) is 4.08. The maximum atomic E-state index is 12.0. The van der Waals surface area contributed by atoms with Gasteiger partial charge in [-0.2, -0.15) is 0 Å². The lowest BCUT2D eigenvalue weighted by atomic mass is 9.72. The van der Waals surface area contributed by atoms with E-state index in [0.29, 0.717) is 18.5 Å². The molecule has 0 saturated carbocycles. The maximum absolute atomic E-state index is 12.0. The summed E-state index contributed by atoms with van der Waals surface area (Å²) in [7, 11) is 5.79. The molecule has 0 atom stereocenters. The number of hydrogen-bond acceptors (Lipinski definition) is 3. The molecule has 1 aromatic rings. The van der Waals surface area contributed by atoms with Crippen LogP contribution in [0, 0.1) is 5.41 Å². The van der Waals surface area contributed by atoms with Gasteiger partial charge >= 0.3 is 5.97 Å². The van der Waals surface area contributed by atoms with Gasteiger partial charge in [-0.15, -0.1) is 0 Å². The highest BCUT2D eigenvalue weighted by atomic mass is 16.5. The number of aromatic nitrogens is 1. The fourth-order valence-electron chi connectivity index (χ4n) is 2.41. The first-order valence-corrected chi connectivity index (χ1v) is 6.58. The molecular formula is C15H22BNO2. The summed E-state index contributed by atoms with van der Waals surface area (Å²) >= 11 is 0. The molecular weight excluding hydrogens is 237 g/mol. The molecule has 0 bridgehead atoms. The highest BCUT2D eigenvalue weighted by Gasteiger charge is 2.37. The highest BCUT2D eigenvalue weighted by molar-refractivity contribution is 6.32. The standard InChI is InChI=1S/C15H22BNO2/c1-6-19-13(18)15(4,5)10-14(2,3)12-9-11(16)7-8-17-12/h7-9H,6,10H2,1-5H3. The van der Waals surface area contributed by atoms with Crippen LogP contribution in [-0.2, 0) is 14.9 Å². The Kier molecular flexibility index (Phi) is 4.78. The molecule has 0 saturated heterocycles. The Balaban J connectivity index is 2.93. The van der Waals surface area contributed by atoms with Gasteiger partial charge in [0.1, 0.15) is 7.85 Å². The fraction of sp³-hybridized carbons (Fsp3) is 0.600. The predicted octanol–water partition coefficient (Wildman–Crippen LogP) is 2.13. The molecule has 0 aliphatic heterocycles. The zero-order valence-corrected chi connectivity index (χ0v) is 12.5. The third-order valence-electron chi connectivity index (χ3n) is 3.19. The van der Waals surface area contributed by atoms with E-state index in [4.69, 9.17) is 12.6 Å². The van der Waals surface area contributed by atoms with E-state index in [1.54, 1.807) is 12.3 Å². The third-order valence-corrected chi connectivity index (χ3v) is 3.19. The van der Waals surface area contributed by atoms with Crippen LogP contribution in [0.1, 0.15) is 46.7 Å². The molecule has 0 N–H and O–H groups in total. The van der Waals surface area contributed by atoms with Crippen molar-refractivity contribution in [3.05, 3.63) is 24.0 Å². The molecule has 2 radical (unpaired) electrons. The Morgan fingerprint density at radius 3 is 2.53 bits per heavy atom. The molecule has 0 aliphatic rings. The van der Waals surface area contributed by atoms with Crippen molar-refractivity contribution in [2.24, 2.45) is 5.41 Å². The van der Waals surface area contributed by atoms with E-state index in [-0.39, 0.29) is 11.4 Å². The molecule has 102 valence electrons. The summed E-state index contributed by atoms with van der Waals surface area (Å²) in [5.74, 6) is -0.174. The van der Waals surface area contributed by atoms with Crippen LogP contribution in [0.2, 0.25) is 0 Å². The van der Waals surface area contributed by atoms with Gasteiger partial charge in [0.25, 0.3) is 0 Å². The Morgan fingerprint density at radius 1 is 1.37 bits per heavy atom. The lowest BCUT2D eigenvalue weighted by Gasteiger charge is -2.33. The molecule has 0 spiro atoms. The first-order valence-electron chi connectivity index (χ1n) is 6.58. The minimum atomic E-state index is -0.550. The van der Waals surface area contributed by atoms with Gasteiger partial charge in [-0.1, -0.05) is 25.4 Å². The summed E-state index contributed by atoms with van der Waals surface area (Å²) in [5, 5.41) is 0. The Hall–Kier alpha value is -1.32. The van der Waals surface area contributed by atoms with E-state index in [9.17, 15) is 4.79 Å². The van der Waals surface area contributed by atoms with Gasteiger partial charge in [0.2, 0.25) is 0 Å². The van der Waals surface area contributed by atoms with E-state index in [1.165, 1.54) is 0 Å². The number of carbonyl (C=O) groups excluding carboxylic acids is 1. The smallest absolute Gasteiger partial charge is 0.311 e. The normalized spacial score (nSPS) is 12.3. The minimum absolute atomic E-state index is 0.174. The first-order chi connectivity index (χ1) is 8.69. The van der Waals surface area contributed by atoms with Gasteiger partial charge in [0.05, 0.1) is 12.0 Å². The lowest BCUT2D eigenvalue weighted by molar-refractivity contribution is -0.154. The van der Waals surface area contributed by atoms with E-state index in [1.807, 2.05) is 26.8 Å². The Labute approximate surface area is 117 Å². The molecule has 0 unspecified atom stereocenters. The first kappa shape index (κ1) is 15.7. The van der Waals surface area contributed by atoms with Crippen LogP contribution in [0.25, 0.3) is 0 Å². The predicted molar refractivity (Wildman–Crippen MR) is 77.7 cm³/mol. The molecule has 4 heteroatoms. The number of ether oxygens (including phenoxy) is 1. The average Bonchev–Trinajstić information content (AvgIpc) is 2.28. The molecule has 1 aromatic heterocycles. The second-order valence-electron chi connectivity index (χ2n) is 6.14. The Morgan fingerprint density at radius 2 is 2.00 bits per heavy atom. The molecule has 19 heavy (non-hydrogen) atoms. The van der Waals surface area contributed by atoms with Crippen molar-refractivity contribution in [2.75, 3.05) is 6.61 Å². The second-order valence-corrected chi connectivity index (χ2v) is 6.14. The summed E-state index contributed by atoms with van der Waals surface area (Å²) in [6.45, 7) is 10.2. The number of carbonyl (C=O) groups is 1. The monoisotopic (exact) mass is 259 g/mol. The van der Waals surface area contributed by atoms with Crippen LogP contribution in [0.5, 0.6) is 0 Å². The minimum Gasteiger partial charge on any atom is -0.466 e. The van der Waals surface area contributed by atoms with Crippen molar-refractivity contribution in [3.8, 4) is 0 Å². The van der Waals surface area contributed by atoms with Crippen molar-refractivity contribution < 1.29 is 9.53 Å². The van der Waals surface area contributed by atoms with Gasteiger partial charge in [-0.3, -0.25) is 9.78 Å². The van der Waals surface area contributed by atoms with Crippen molar-refractivity contribution in [1.82, 2.24) is 4.98 Å². The number of nitrogens with zero attached hydrogens (tertiary/aromatic N) is 1. The van der Waals surface area contributed by atoms with Crippen molar-refractivity contribution in [1.29, 1.82) is 0 Å². The molecule has 0 fully saturated rings. The topological polar surface area (TPSA) is 39.2 Å². The summed E-state index contributed by atoms with van der Waals surface area (Å²) in [4.78, 5) is 16.3. The van der Waals surface area contributed by atoms with Crippen molar-refractivity contribution >= 4 is 19.3 Å². The average molecular weight is 259 g/mol. The van der Waals surface area contributed by atoms with E-state index in [2.05, 4.69) is 18.8 Å². The second kappa shape index (κ2) is 5.76. The summed E-state index contributed by atoms with van der Waals surface area (Å²) in [6.07, 6.45) is 2.35. The largest absolute Gasteiger partial charge is 0.466 e. The molecule has 0 amide bonds. The van der Waals surface area contributed by atoms with Gasteiger partial charge in [0.15, 0.2) is 0 Å². The molecule has 1 rings (SSSR count). The summed E-state index contributed by atoms with van der Waals surface area (Å²) in [5.41, 5.74) is 0.786. The zero-order valence-electron chi connectivity index (χ0n) is 12.5. The molecule has 3 nitrogen and oxygen atoms in total. The maximum Gasteiger partial charge on any atom is 0.311 e. The van der Waals surface area contributed by atoms with Gasteiger partial charge < -0.3 is 4.74 Å². The Bertz CT molecular complexity index is 455. The van der Waals surface area contributed by atoms with E-state index < -0.39 is 5.41 Å². The number of pyridine rings is 1. The quantitative estimate of drug-likeness (QED) is 0.600. The van der Waals surface area contributed by atoms with Crippen LogP contribution in [0.4, 0.5) is 0 Å². The van der Waals surface area contributed by atoms with Crippen LogP contribution in [0.3, 0.4) is 0 Å². The van der Waals surface area contributed by atoms with Gasteiger partial charge in [-0.05, 0) is 33.3 Å². The summed E-state index contributed by atoms with van der Waals surface area (Å²) in [6, 6.07) is 3.62. The lowest BCUT2D eigenvalue weighted by Crippen LogP contribution is -2.35. The fourth-order valence-corrected chi connectivity index (χ4v) is 2.41. The molecule has 1 heterocycles. The van der Waals surface area contributed by atoms with Crippen molar-refractivity contribution in [3.63, 3.8) is 0 Å². The van der Waals surface area contributed by atoms with Crippen LogP contribution < -0.4 is 5.46 Å². The van der Waals surface area contributed by atoms with Crippen LogP contribution in [0.15, 0.2) is 18.3 Å². The molecule has 0 aromatic carbocycles. The molecule has 0 aliphatic carbocycles. The number of hydrogen-bond donors (Lipinski definition) is 0.